The highest BCUT2D eigenvalue weighted by molar-refractivity contribution is 5.66. The summed E-state index contributed by atoms with van der Waals surface area (Å²) in [5.41, 5.74) is 5.85. The van der Waals surface area contributed by atoms with E-state index in [4.69, 9.17) is 9.47 Å². The maximum absolute atomic E-state index is 11.4. The fraction of sp³-hybridized carbons (Fsp3) is 0.533. The predicted octanol–water partition coefficient (Wildman–Crippen LogP) is 3.00. The van der Waals surface area contributed by atoms with Gasteiger partial charge >= 0.3 is 6.09 Å². The number of amides is 1. The van der Waals surface area contributed by atoms with Crippen LogP contribution in [-0.2, 0) is 11.3 Å². The lowest BCUT2D eigenvalue weighted by Crippen LogP contribution is -2.40. The Balaban J connectivity index is 2.36. The molecular weight excluding hydrogens is 256 g/mol. The Morgan fingerprint density at radius 3 is 2.70 bits per heavy atom. The topological polar surface area (TPSA) is 59.6 Å². The summed E-state index contributed by atoms with van der Waals surface area (Å²) in [5.74, 6) is 0.836. The number of ether oxygens (including phenoxy) is 2. The highest BCUT2D eigenvalue weighted by Crippen LogP contribution is 2.13. The van der Waals surface area contributed by atoms with Gasteiger partial charge in [0.2, 0.25) is 0 Å². The van der Waals surface area contributed by atoms with Crippen LogP contribution in [0.1, 0.15) is 39.7 Å². The van der Waals surface area contributed by atoms with Gasteiger partial charge in [0.25, 0.3) is 0 Å². The standard InChI is InChI=1S/C15H24N2O3/c1-5-9-19-13-8-6-7-12(10-13)11-16-17-14(18)20-15(2,3)4/h6-8,10,16H,5,9,11H2,1-4H3,(H,17,18). The third kappa shape index (κ3) is 6.99. The number of hydrogen-bond acceptors (Lipinski definition) is 4. The smallest absolute Gasteiger partial charge is 0.422 e. The van der Waals surface area contributed by atoms with E-state index in [1.165, 1.54) is 0 Å². The maximum Gasteiger partial charge on any atom is 0.422 e. The normalized spacial score (nSPS) is 11.0. The SMILES string of the molecule is CCCOc1cccc(CNNC(=O)OC(C)(C)C)c1. The largest absolute Gasteiger partial charge is 0.494 e. The monoisotopic (exact) mass is 280 g/mol. The van der Waals surface area contributed by atoms with E-state index in [9.17, 15) is 4.79 Å². The molecule has 0 aliphatic carbocycles. The number of nitrogens with one attached hydrogen (secondary N) is 2. The summed E-state index contributed by atoms with van der Waals surface area (Å²) in [5, 5.41) is 0. The molecule has 5 heteroatoms. The van der Waals surface area contributed by atoms with Crippen LogP contribution in [0.5, 0.6) is 5.75 Å². The molecule has 0 atom stereocenters. The summed E-state index contributed by atoms with van der Waals surface area (Å²) < 4.78 is 10.7. The zero-order chi connectivity index (χ0) is 15.0. The molecule has 0 saturated heterocycles. The van der Waals surface area contributed by atoms with Crippen LogP contribution in [0.15, 0.2) is 24.3 Å². The van der Waals surface area contributed by atoms with Crippen molar-refractivity contribution in [1.82, 2.24) is 10.9 Å². The van der Waals surface area contributed by atoms with Crippen LogP contribution in [0.2, 0.25) is 0 Å². The minimum atomic E-state index is -0.500. The molecule has 0 radical (unpaired) electrons. The van der Waals surface area contributed by atoms with E-state index in [2.05, 4.69) is 17.8 Å². The molecule has 0 unspecified atom stereocenters. The van der Waals surface area contributed by atoms with Crippen molar-refractivity contribution in [2.75, 3.05) is 6.61 Å². The van der Waals surface area contributed by atoms with Crippen LogP contribution in [-0.4, -0.2) is 18.3 Å². The molecular formula is C15H24N2O3. The average molecular weight is 280 g/mol. The minimum absolute atomic E-state index is 0.490. The number of carbonyl (C=O) groups is 1. The second kappa shape index (κ2) is 7.75. The molecule has 0 heterocycles. The number of hydrazine groups is 1. The molecule has 1 aromatic carbocycles. The molecule has 2 N–H and O–H groups in total. The molecule has 0 aromatic heterocycles. The molecule has 1 amide bonds. The van der Waals surface area contributed by atoms with Gasteiger partial charge in [-0.15, -0.1) is 0 Å². The zero-order valence-corrected chi connectivity index (χ0v) is 12.7. The van der Waals surface area contributed by atoms with E-state index in [0.29, 0.717) is 13.2 Å². The number of rotatable bonds is 6. The molecule has 1 rings (SSSR count). The highest BCUT2D eigenvalue weighted by Gasteiger charge is 2.15. The van der Waals surface area contributed by atoms with Gasteiger partial charge in [-0.25, -0.2) is 10.2 Å². The van der Waals surface area contributed by atoms with Gasteiger partial charge in [0, 0.05) is 6.54 Å². The van der Waals surface area contributed by atoms with Crippen molar-refractivity contribution < 1.29 is 14.3 Å². The Labute approximate surface area is 120 Å². The summed E-state index contributed by atoms with van der Waals surface area (Å²) in [7, 11) is 0. The molecule has 0 fully saturated rings. The molecule has 5 nitrogen and oxygen atoms in total. The van der Waals surface area contributed by atoms with Gasteiger partial charge < -0.3 is 9.47 Å². The van der Waals surface area contributed by atoms with Crippen LogP contribution in [0.4, 0.5) is 4.79 Å². The Morgan fingerprint density at radius 1 is 1.30 bits per heavy atom. The fourth-order valence-corrected chi connectivity index (χ4v) is 1.49. The summed E-state index contributed by atoms with van der Waals surface area (Å²) in [6.07, 6.45) is 0.485. The van der Waals surface area contributed by atoms with E-state index in [1.807, 2.05) is 45.0 Å². The zero-order valence-electron chi connectivity index (χ0n) is 12.7. The van der Waals surface area contributed by atoms with Gasteiger partial charge in [-0.1, -0.05) is 19.1 Å². The van der Waals surface area contributed by atoms with E-state index < -0.39 is 11.7 Å². The number of benzene rings is 1. The van der Waals surface area contributed by atoms with E-state index in [1.54, 1.807) is 0 Å². The van der Waals surface area contributed by atoms with E-state index >= 15 is 0 Å². The number of carbonyl (C=O) groups excluding carboxylic acids is 1. The quantitative estimate of drug-likeness (QED) is 0.786. The van der Waals surface area contributed by atoms with E-state index in [-0.39, 0.29) is 0 Å². The molecule has 0 saturated carbocycles. The van der Waals surface area contributed by atoms with Crippen LogP contribution in [0, 0.1) is 0 Å². The third-order valence-electron chi connectivity index (χ3n) is 2.25. The van der Waals surface area contributed by atoms with Crippen LogP contribution in [0.25, 0.3) is 0 Å². The van der Waals surface area contributed by atoms with Crippen molar-refractivity contribution >= 4 is 6.09 Å². The van der Waals surface area contributed by atoms with Gasteiger partial charge in [-0.05, 0) is 44.9 Å². The molecule has 1 aromatic rings. The minimum Gasteiger partial charge on any atom is -0.494 e. The van der Waals surface area contributed by atoms with Gasteiger partial charge in [-0.2, -0.15) is 0 Å². The second-order valence-electron chi connectivity index (χ2n) is 5.48. The lowest BCUT2D eigenvalue weighted by Gasteiger charge is -2.19. The third-order valence-corrected chi connectivity index (χ3v) is 2.25. The Morgan fingerprint density at radius 2 is 2.05 bits per heavy atom. The maximum atomic E-state index is 11.4. The lowest BCUT2D eigenvalue weighted by atomic mass is 10.2. The molecule has 112 valence electrons. The van der Waals surface area contributed by atoms with Crippen molar-refractivity contribution in [2.45, 2.75) is 46.3 Å². The first-order valence-electron chi connectivity index (χ1n) is 6.84. The highest BCUT2D eigenvalue weighted by atomic mass is 16.6. The average Bonchev–Trinajstić information content (AvgIpc) is 2.34. The summed E-state index contributed by atoms with van der Waals surface area (Å²) in [4.78, 5) is 11.4. The summed E-state index contributed by atoms with van der Waals surface area (Å²) >= 11 is 0. The summed E-state index contributed by atoms with van der Waals surface area (Å²) in [6.45, 7) is 8.73. The van der Waals surface area contributed by atoms with E-state index in [0.717, 1.165) is 17.7 Å². The molecule has 0 bridgehead atoms. The van der Waals surface area contributed by atoms with Crippen molar-refractivity contribution in [3.8, 4) is 5.75 Å². The molecule has 0 aliphatic rings. The predicted molar refractivity (Wildman–Crippen MR) is 78.4 cm³/mol. The van der Waals surface area contributed by atoms with Gasteiger partial charge in [-0.3, -0.25) is 5.43 Å². The van der Waals surface area contributed by atoms with Crippen molar-refractivity contribution in [3.63, 3.8) is 0 Å². The first-order valence-corrected chi connectivity index (χ1v) is 6.84. The molecule has 0 spiro atoms. The van der Waals surface area contributed by atoms with Crippen LogP contribution < -0.4 is 15.6 Å². The first kappa shape index (κ1) is 16.3. The second-order valence-corrected chi connectivity index (χ2v) is 5.48. The Kier molecular flexibility index (Phi) is 6.31. The first-order chi connectivity index (χ1) is 9.40. The summed E-state index contributed by atoms with van der Waals surface area (Å²) in [6, 6.07) is 7.75. The molecule has 20 heavy (non-hydrogen) atoms. The Bertz CT molecular complexity index is 427. The lowest BCUT2D eigenvalue weighted by molar-refractivity contribution is 0.0497. The number of hydrogen-bond donors (Lipinski definition) is 2. The Hall–Kier alpha value is -1.75. The van der Waals surface area contributed by atoms with Crippen LogP contribution in [0.3, 0.4) is 0 Å². The van der Waals surface area contributed by atoms with Crippen molar-refractivity contribution in [1.29, 1.82) is 0 Å². The van der Waals surface area contributed by atoms with Crippen molar-refractivity contribution in [2.24, 2.45) is 0 Å². The van der Waals surface area contributed by atoms with Gasteiger partial charge in [0.1, 0.15) is 11.4 Å². The fourth-order valence-electron chi connectivity index (χ4n) is 1.49. The molecule has 0 aliphatic heterocycles. The van der Waals surface area contributed by atoms with Gasteiger partial charge in [0.15, 0.2) is 0 Å². The van der Waals surface area contributed by atoms with Crippen molar-refractivity contribution in [3.05, 3.63) is 29.8 Å². The van der Waals surface area contributed by atoms with Crippen LogP contribution >= 0.6 is 0 Å². The van der Waals surface area contributed by atoms with Gasteiger partial charge in [0.05, 0.1) is 6.61 Å².